The molecule has 1 aliphatic heterocycles. The first-order valence-electron chi connectivity index (χ1n) is 11.1. The van der Waals surface area contributed by atoms with Crippen molar-refractivity contribution in [3.05, 3.63) is 90.5 Å². The van der Waals surface area contributed by atoms with Crippen LogP contribution in [0.3, 0.4) is 0 Å². The maximum absolute atomic E-state index is 12.3. The van der Waals surface area contributed by atoms with Crippen molar-refractivity contribution < 1.29 is 22.7 Å². The Labute approximate surface area is 204 Å². The van der Waals surface area contributed by atoms with Gasteiger partial charge in [0.05, 0.1) is 11.4 Å². The summed E-state index contributed by atoms with van der Waals surface area (Å²) < 4.78 is 31.0. The van der Waals surface area contributed by atoms with Crippen LogP contribution >= 0.6 is 0 Å². The summed E-state index contributed by atoms with van der Waals surface area (Å²) in [6, 6.07) is 22.8. The average Bonchev–Trinajstić information content (AvgIpc) is 3.21. The van der Waals surface area contributed by atoms with Crippen molar-refractivity contribution in [2.24, 2.45) is 0 Å². The van der Waals surface area contributed by atoms with E-state index in [2.05, 4.69) is 10.6 Å². The maximum atomic E-state index is 12.3. The number of anilines is 3. The summed E-state index contributed by atoms with van der Waals surface area (Å²) in [6.07, 6.45) is 3.66. The summed E-state index contributed by atoms with van der Waals surface area (Å²) in [4.78, 5) is 24.4. The monoisotopic (exact) mass is 491 g/mol. The topological polar surface area (TPSA) is 105 Å². The quantitative estimate of drug-likeness (QED) is 0.465. The number of nitrogens with zero attached hydrogens (tertiary/aromatic N) is 1. The van der Waals surface area contributed by atoms with Gasteiger partial charge < -0.3 is 15.4 Å². The van der Waals surface area contributed by atoms with Crippen molar-refractivity contribution >= 4 is 45.0 Å². The molecule has 0 aromatic heterocycles. The van der Waals surface area contributed by atoms with E-state index in [1.165, 1.54) is 10.4 Å². The lowest BCUT2D eigenvalue weighted by Crippen LogP contribution is -2.24. The molecule has 180 valence electrons. The highest BCUT2D eigenvalue weighted by molar-refractivity contribution is 7.93. The Balaban J connectivity index is 1.29. The minimum Gasteiger partial charge on any atom is -0.484 e. The molecular formula is C26H25N3O5S. The van der Waals surface area contributed by atoms with Crippen LogP contribution in [0.4, 0.5) is 17.1 Å². The summed E-state index contributed by atoms with van der Waals surface area (Å²) in [5.41, 5.74) is 2.60. The fourth-order valence-corrected chi connectivity index (χ4v) is 5.13. The van der Waals surface area contributed by atoms with Gasteiger partial charge in [-0.15, -0.1) is 0 Å². The second kappa shape index (κ2) is 10.9. The first-order chi connectivity index (χ1) is 16.9. The van der Waals surface area contributed by atoms with Gasteiger partial charge in [-0.25, -0.2) is 8.42 Å². The van der Waals surface area contributed by atoms with Crippen LogP contribution in [0.1, 0.15) is 12.0 Å². The minimum atomic E-state index is -3.22. The van der Waals surface area contributed by atoms with Gasteiger partial charge in [0.1, 0.15) is 5.75 Å². The third-order valence-corrected chi connectivity index (χ3v) is 7.11. The number of benzene rings is 3. The van der Waals surface area contributed by atoms with Gasteiger partial charge in [0, 0.05) is 30.1 Å². The van der Waals surface area contributed by atoms with Crippen LogP contribution < -0.4 is 19.7 Å². The van der Waals surface area contributed by atoms with Crippen molar-refractivity contribution in [1.29, 1.82) is 0 Å². The van der Waals surface area contributed by atoms with Crippen LogP contribution in [-0.2, 0) is 19.6 Å². The molecule has 1 fully saturated rings. The Hall–Kier alpha value is -4.11. The molecule has 2 N–H and O–H groups in total. The largest absolute Gasteiger partial charge is 0.484 e. The van der Waals surface area contributed by atoms with Crippen molar-refractivity contribution in [2.45, 2.75) is 6.42 Å². The molecule has 2 amide bonds. The highest BCUT2D eigenvalue weighted by Crippen LogP contribution is 2.24. The van der Waals surface area contributed by atoms with Crippen LogP contribution in [0.25, 0.3) is 6.08 Å². The highest BCUT2D eigenvalue weighted by Gasteiger charge is 2.28. The number of sulfonamides is 1. The highest BCUT2D eigenvalue weighted by atomic mass is 32.2. The van der Waals surface area contributed by atoms with Gasteiger partial charge >= 0.3 is 0 Å². The summed E-state index contributed by atoms with van der Waals surface area (Å²) in [7, 11) is -3.22. The average molecular weight is 492 g/mol. The molecule has 0 radical (unpaired) electrons. The number of rotatable bonds is 8. The summed E-state index contributed by atoms with van der Waals surface area (Å²) in [5, 5.41) is 5.49. The van der Waals surface area contributed by atoms with Crippen LogP contribution in [0, 0.1) is 0 Å². The number of para-hydroxylation sites is 1. The molecule has 3 aromatic carbocycles. The number of carbonyl (C=O) groups is 2. The smallest absolute Gasteiger partial charge is 0.262 e. The van der Waals surface area contributed by atoms with Crippen LogP contribution in [0.15, 0.2) is 84.9 Å². The molecule has 0 atom stereocenters. The SMILES string of the molecule is O=C(/C=C/c1ccc(N2CCCS2(=O)=O)cc1)Nc1cccc(OCC(=O)Nc2ccccc2)c1. The van der Waals surface area contributed by atoms with Gasteiger partial charge in [0.2, 0.25) is 15.9 Å². The van der Waals surface area contributed by atoms with E-state index in [4.69, 9.17) is 4.74 Å². The van der Waals surface area contributed by atoms with Crippen molar-refractivity contribution in [2.75, 3.05) is 33.8 Å². The first-order valence-corrected chi connectivity index (χ1v) is 12.7. The second-order valence-corrected chi connectivity index (χ2v) is 9.90. The van der Waals surface area contributed by atoms with Gasteiger partial charge in [-0.2, -0.15) is 0 Å². The van der Waals surface area contributed by atoms with Gasteiger partial charge in [-0.05, 0) is 54.5 Å². The second-order valence-electron chi connectivity index (χ2n) is 7.89. The predicted octanol–water partition coefficient (Wildman–Crippen LogP) is 3.90. The van der Waals surface area contributed by atoms with Crippen molar-refractivity contribution in [3.63, 3.8) is 0 Å². The number of hydrogen-bond acceptors (Lipinski definition) is 5. The van der Waals surface area contributed by atoms with Crippen molar-refractivity contribution in [3.8, 4) is 5.75 Å². The molecule has 0 spiro atoms. The molecule has 1 saturated heterocycles. The van der Waals surface area contributed by atoms with E-state index in [9.17, 15) is 18.0 Å². The van der Waals surface area contributed by atoms with Gasteiger partial charge in [0.15, 0.2) is 6.61 Å². The molecule has 9 heteroatoms. The zero-order valence-corrected chi connectivity index (χ0v) is 19.7. The Morgan fingerprint density at radius 1 is 0.914 bits per heavy atom. The molecule has 0 aliphatic carbocycles. The van der Waals surface area contributed by atoms with Crippen LogP contribution in [-0.4, -0.2) is 39.1 Å². The molecule has 0 bridgehead atoms. The predicted molar refractivity (Wildman–Crippen MR) is 137 cm³/mol. The number of carbonyl (C=O) groups excluding carboxylic acids is 2. The normalized spacial score (nSPS) is 14.6. The molecule has 0 unspecified atom stereocenters. The Morgan fingerprint density at radius 3 is 2.37 bits per heavy atom. The van der Waals surface area contributed by atoms with E-state index < -0.39 is 10.0 Å². The molecule has 35 heavy (non-hydrogen) atoms. The summed E-state index contributed by atoms with van der Waals surface area (Å²) in [6.45, 7) is 0.321. The van der Waals surface area contributed by atoms with Crippen LogP contribution in [0.2, 0.25) is 0 Å². The molecule has 8 nitrogen and oxygen atoms in total. The molecule has 0 saturated carbocycles. The molecule has 4 rings (SSSR count). The number of hydrogen-bond donors (Lipinski definition) is 2. The molecule has 3 aromatic rings. The standard InChI is InChI=1S/C26H25N3O5S/c30-25(15-12-20-10-13-23(14-11-20)29-16-5-17-35(29,32)33)28-22-8-4-9-24(18-22)34-19-26(31)27-21-6-2-1-3-7-21/h1-4,6-15,18H,5,16-17,19H2,(H,27,31)(H,28,30)/b15-12+. The van der Waals surface area contributed by atoms with Gasteiger partial charge in [-0.1, -0.05) is 36.4 Å². The third-order valence-electron chi connectivity index (χ3n) is 5.24. The number of ether oxygens (including phenoxy) is 1. The van der Waals surface area contributed by atoms with E-state index in [-0.39, 0.29) is 24.2 Å². The fourth-order valence-electron chi connectivity index (χ4n) is 3.57. The molecule has 1 heterocycles. The van der Waals surface area contributed by atoms with Crippen molar-refractivity contribution in [1.82, 2.24) is 0 Å². The number of amides is 2. The lowest BCUT2D eigenvalue weighted by molar-refractivity contribution is -0.118. The zero-order valence-electron chi connectivity index (χ0n) is 18.9. The van der Waals surface area contributed by atoms with Gasteiger partial charge in [-0.3, -0.25) is 13.9 Å². The van der Waals surface area contributed by atoms with E-state index in [0.29, 0.717) is 35.8 Å². The van der Waals surface area contributed by atoms with E-state index in [1.54, 1.807) is 66.7 Å². The zero-order chi connectivity index (χ0) is 24.7. The number of nitrogens with one attached hydrogen (secondary N) is 2. The summed E-state index contributed by atoms with van der Waals surface area (Å²) in [5.74, 6) is -0.0124. The van der Waals surface area contributed by atoms with E-state index in [1.807, 2.05) is 18.2 Å². The lowest BCUT2D eigenvalue weighted by atomic mass is 10.2. The Morgan fingerprint density at radius 2 is 1.66 bits per heavy atom. The fraction of sp³-hybridized carbons (Fsp3) is 0.154. The van der Waals surface area contributed by atoms with Crippen LogP contribution in [0.5, 0.6) is 5.75 Å². The molecular weight excluding hydrogens is 466 g/mol. The summed E-state index contributed by atoms with van der Waals surface area (Å²) >= 11 is 0. The third kappa shape index (κ3) is 6.70. The van der Waals surface area contributed by atoms with E-state index >= 15 is 0 Å². The van der Waals surface area contributed by atoms with E-state index in [0.717, 1.165) is 5.56 Å². The molecule has 1 aliphatic rings. The Kier molecular flexibility index (Phi) is 7.47. The Bertz CT molecular complexity index is 1320. The minimum absolute atomic E-state index is 0.166. The first kappa shape index (κ1) is 24.0. The maximum Gasteiger partial charge on any atom is 0.262 e. The van der Waals surface area contributed by atoms with Gasteiger partial charge in [0.25, 0.3) is 5.91 Å². The lowest BCUT2D eigenvalue weighted by Gasteiger charge is -2.16.